The lowest BCUT2D eigenvalue weighted by Gasteiger charge is -2.03. The summed E-state index contributed by atoms with van der Waals surface area (Å²) < 4.78 is 12.8. The molecule has 2 aromatic carbocycles. The Labute approximate surface area is 155 Å². The van der Waals surface area contributed by atoms with Crippen LogP contribution < -0.4 is 4.74 Å². The topological polar surface area (TPSA) is 66.0 Å². The summed E-state index contributed by atoms with van der Waals surface area (Å²) >= 11 is 1.60. The van der Waals surface area contributed by atoms with Gasteiger partial charge in [-0.05, 0) is 31.2 Å². The molecule has 4 aromatic rings. The Hall–Kier alpha value is -2.80. The maximum atomic E-state index is 5.40. The van der Waals surface area contributed by atoms with Crippen molar-refractivity contribution in [1.29, 1.82) is 0 Å². The molecule has 0 radical (unpaired) electrons. The highest BCUT2D eigenvalue weighted by atomic mass is 32.2. The third-order valence-corrected chi connectivity index (χ3v) is 5.02. The highest BCUT2D eigenvalue weighted by molar-refractivity contribution is 7.98. The number of hydrogen-bond acceptors (Lipinski definition) is 6. The van der Waals surface area contributed by atoms with Crippen molar-refractivity contribution in [2.75, 3.05) is 7.11 Å². The zero-order valence-corrected chi connectivity index (χ0v) is 15.4. The van der Waals surface area contributed by atoms with Crippen LogP contribution in [0.1, 0.15) is 12.8 Å². The van der Waals surface area contributed by atoms with E-state index in [4.69, 9.17) is 14.2 Å². The number of thioether (sulfide) groups is 1. The molecular formula is C19H18N4O2S. The first kappa shape index (κ1) is 16.7. The standard InChI is InChI=1S/C19H18N4O2S/c1-3-23-16-10-5-4-9-15(16)20-19(23)26-12-17-21-18(22-25-17)13-7-6-8-14(11-13)24-2/h4-11H,3,12H2,1-2H3. The number of nitrogens with zero attached hydrogens (tertiary/aromatic N) is 4. The molecule has 0 bridgehead atoms. The molecule has 0 aliphatic rings. The summed E-state index contributed by atoms with van der Waals surface area (Å²) in [5, 5.41) is 5.03. The van der Waals surface area contributed by atoms with E-state index in [1.807, 2.05) is 42.5 Å². The van der Waals surface area contributed by atoms with Gasteiger partial charge in [0.15, 0.2) is 5.16 Å². The number of rotatable bonds is 6. The molecule has 2 heterocycles. The lowest BCUT2D eigenvalue weighted by atomic mass is 10.2. The zero-order valence-electron chi connectivity index (χ0n) is 14.5. The van der Waals surface area contributed by atoms with E-state index in [1.54, 1.807) is 18.9 Å². The lowest BCUT2D eigenvalue weighted by Crippen LogP contribution is -1.96. The molecule has 0 spiro atoms. The largest absolute Gasteiger partial charge is 0.497 e. The van der Waals surface area contributed by atoms with Gasteiger partial charge in [0.25, 0.3) is 0 Å². The van der Waals surface area contributed by atoms with Crippen molar-refractivity contribution in [3.63, 3.8) is 0 Å². The number of para-hydroxylation sites is 2. The minimum atomic E-state index is 0.559. The molecule has 0 saturated heterocycles. The van der Waals surface area contributed by atoms with E-state index in [0.29, 0.717) is 17.5 Å². The highest BCUT2D eigenvalue weighted by Crippen LogP contribution is 2.27. The summed E-state index contributed by atoms with van der Waals surface area (Å²) in [7, 11) is 1.64. The lowest BCUT2D eigenvalue weighted by molar-refractivity contribution is 0.391. The molecule has 0 unspecified atom stereocenters. The fourth-order valence-corrected chi connectivity index (χ4v) is 3.70. The van der Waals surface area contributed by atoms with Gasteiger partial charge in [0.1, 0.15) is 5.75 Å². The van der Waals surface area contributed by atoms with E-state index < -0.39 is 0 Å². The molecule has 4 rings (SSSR count). The first-order chi connectivity index (χ1) is 12.8. The van der Waals surface area contributed by atoms with Gasteiger partial charge in [-0.15, -0.1) is 0 Å². The van der Waals surface area contributed by atoms with E-state index in [0.717, 1.165) is 34.0 Å². The Balaban J connectivity index is 1.53. The summed E-state index contributed by atoms with van der Waals surface area (Å²) in [5.41, 5.74) is 3.00. The predicted octanol–water partition coefficient (Wildman–Crippen LogP) is 4.41. The molecule has 132 valence electrons. The summed E-state index contributed by atoms with van der Waals surface area (Å²) in [6.07, 6.45) is 0. The van der Waals surface area contributed by atoms with Gasteiger partial charge in [0.05, 0.1) is 23.9 Å². The second-order valence-electron chi connectivity index (χ2n) is 5.66. The average Bonchev–Trinajstić information content (AvgIpc) is 3.30. The maximum absolute atomic E-state index is 5.40. The van der Waals surface area contributed by atoms with E-state index in [9.17, 15) is 0 Å². The zero-order chi connectivity index (χ0) is 17.9. The van der Waals surface area contributed by atoms with Crippen molar-refractivity contribution in [1.82, 2.24) is 19.7 Å². The normalized spacial score (nSPS) is 11.2. The number of imidazole rings is 1. The van der Waals surface area contributed by atoms with Crippen molar-refractivity contribution in [3.8, 4) is 17.1 Å². The van der Waals surface area contributed by atoms with Crippen LogP contribution in [0.25, 0.3) is 22.4 Å². The van der Waals surface area contributed by atoms with Crippen LogP contribution in [-0.2, 0) is 12.3 Å². The van der Waals surface area contributed by atoms with Gasteiger partial charge in [-0.2, -0.15) is 4.98 Å². The molecule has 0 N–H and O–H groups in total. The Kier molecular flexibility index (Phi) is 4.62. The van der Waals surface area contributed by atoms with E-state index in [-0.39, 0.29) is 0 Å². The van der Waals surface area contributed by atoms with Gasteiger partial charge in [0, 0.05) is 12.1 Å². The van der Waals surface area contributed by atoms with Crippen LogP contribution in [0.3, 0.4) is 0 Å². The fourth-order valence-electron chi connectivity index (χ4n) is 2.79. The number of aryl methyl sites for hydroxylation is 1. The van der Waals surface area contributed by atoms with Crippen molar-refractivity contribution in [2.45, 2.75) is 24.4 Å². The molecule has 26 heavy (non-hydrogen) atoms. The molecular weight excluding hydrogens is 348 g/mol. The predicted molar refractivity (Wildman–Crippen MR) is 101 cm³/mol. The van der Waals surface area contributed by atoms with Gasteiger partial charge in [-0.25, -0.2) is 4.98 Å². The molecule has 0 fully saturated rings. The Morgan fingerprint density at radius 2 is 2.00 bits per heavy atom. The fraction of sp³-hybridized carbons (Fsp3) is 0.211. The third-order valence-electron chi connectivity index (χ3n) is 4.06. The Bertz CT molecular complexity index is 1040. The Morgan fingerprint density at radius 1 is 1.12 bits per heavy atom. The third kappa shape index (κ3) is 3.17. The first-order valence-corrected chi connectivity index (χ1v) is 9.32. The van der Waals surface area contributed by atoms with Crippen molar-refractivity contribution in [3.05, 3.63) is 54.4 Å². The summed E-state index contributed by atoms with van der Waals surface area (Å²) in [6, 6.07) is 15.8. The number of fused-ring (bicyclic) bond motifs is 1. The first-order valence-electron chi connectivity index (χ1n) is 8.33. The minimum absolute atomic E-state index is 0.559. The smallest absolute Gasteiger partial charge is 0.237 e. The van der Waals surface area contributed by atoms with Gasteiger partial charge in [-0.3, -0.25) is 0 Å². The molecule has 0 amide bonds. The van der Waals surface area contributed by atoms with Gasteiger partial charge >= 0.3 is 0 Å². The van der Waals surface area contributed by atoms with Crippen molar-refractivity contribution >= 4 is 22.8 Å². The van der Waals surface area contributed by atoms with Crippen molar-refractivity contribution < 1.29 is 9.26 Å². The molecule has 0 aliphatic heterocycles. The van der Waals surface area contributed by atoms with Crippen LogP contribution in [0, 0.1) is 0 Å². The number of benzene rings is 2. The van der Waals surface area contributed by atoms with Crippen molar-refractivity contribution in [2.24, 2.45) is 0 Å². The average molecular weight is 366 g/mol. The monoisotopic (exact) mass is 366 g/mol. The number of ether oxygens (including phenoxy) is 1. The van der Waals surface area contributed by atoms with E-state index in [1.165, 1.54) is 0 Å². The van der Waals surface area contributed by atoms with Crippen LogP contribution in [0.15, 0.2) is 58.2 Å². The molecule has 7 heteroatoms. The van der Waals surface area contributed by atoms with Crippen LogP contribution >= 0.6 is 11.8 Å². The number of hydrogen-bond donors (Lipinski definition) is 0. The summed E-state index contributed by atoms with van der Waals surface area (Å²) in [6.45, 7) is 2.98. The van der Waals surface area contributed by atoms with Gasteiger partial charge in [-0.1, -0.05) is 41.2 Å². The molecule has 0 atom stereocenters. The number of methoxy groups -OCH3 is 1. The van der Waals surface area contributed by atoms with Crippen LogP contribution in [-0.4, -0.2) is 26.8 Å². The molecule has 0 saturated carbocycles. The minimum Gasteiger partial charge on any atom is -0.497 e. The molecule has 2 aromatic heterocycles. The van der Waals surface area contributed by atoms with Gasteiger partial charge in [0.2, 0.25) is 11.7 Å². The SMILES string of the molecule is CCn1c(SCc2nc(-c3cccc(OC)c3)no2)nc2ccccc21. The summed E-state index contributed by atoms with van der Waals surface area (Å²) in [4.78, 5) is 9.19. The highest BCUT2D eigenvalue weighted by Gasteiger charge is 2.13. The quantitative estimate of drug-likeness (QED) is 0.471. The molecule has 0 aliphatic carbocycles. The Morgan fingerprint density at radius 3 is 2.85 bits per heavy atom. The van der Waals surface area contributed by atoms with E-state index in [2.05, 4.69) is 27.7 Å². The van der Waals surface area contributed by atoms with E-state index >= 15 is 0 Å². The number of aromatic nitrogens is 4. The van der Waals surface area contributed by atoms with Crippen LogP contribution in [0.5, 0.6) is 5.75 Å². The van der Waals surface area contributed by atoms with Gasteiger partial charge < -0.3 is 13.8 Å². The van der Waals surface area contributed by atoms with Crippen LogP contribution in [0.4, 0.5) is 0 Å². The van der Waals surface area contributed by atoms with Crippen LogP contribution in [0.2, 0.25) is 0 Å². The second kappa shape index (κ2) is 7.21. The summed E-state index contributed by atoms with van der Waals surface area (Å²) in [5.74, 6) is 2.46. The second-order valence-corrected chi connectivity index (χ2v) is 6.60. The maximum Gasteiger partial charge on any atom is 0.237 e. The molecule has 6 nitrogen and oxygen atoms in total.